The minimum absolute atomic E-state index is 0.0903. The molecule has 2 N–H and O–H groups in total. The molecule has 2 saturated heterocycles. The highest BCUT2D eigenvalue weighted by molar-refractivity contribution is 8.02. The van der Waals surface area contributed by atoms with Crippen molar-refractivity contribution in [2.24, 2.45) is 5.92 Å². The largest absolute Gasteiger partial charge is 0.481 e. The van der Waals surface area contributed by atoms with Gasteiger partial charge in [0.2, 0.25) is 11.8 Å². The van der Waals surface area contributed by atoms with Crippen molar-refractivity contribution in [1.82, 2.24) is 25.5 Å². The summed E-state index contributed by atoms with van der Waals surface area (Å²) >= 11 is 1.51. The highest BCUT2D eigenvalue weighted by Gasteiger charge is 2.33. The van der Waals surface area contributed by atoms with Gasteiger partial charge in [-0.15, -0.1) is 11.8 Å². The molecular formula is C28H34N6O4S. The number of thioether (sulfide) groups is 1. The third-order valence-corrected chi connectivity index (χ3v) is 7.72. The van der Waals surface area contributed by atoms with E-state index in [2.05, 4.69) is 37.7 Å². The minimum Gasteiger partial charge on any atom is -0.481 e. The summed E-state index contributed by atoms with van der Waals surface area (Å²) in [4.78, 5) is 35.7. The van der Waals surface area contributed by atoms with Crippen LogP contribution >= 0.6 is 11.8 Å². The van der Waals surface area contributed by atoms with Crippen molar-refractivity contribution in [2.75, 3.05) is 50.5 Å². The second-order valence-corrected chi connectivity index (χ2v) is 10.6. The number of amides is 2. The molecule has 0 aromatic carbocycles. The van der Waals surface area contributed by atoms with Crippen LogP contribution in [0.3, 0.4) is 0 Å². The van der Waals surface area contributed by atoms with Gasteiger partial charge in [-0.25, -0.2) is 9.78 Å². The Morgan fingerprint density at radius 1 is 1.21 bits per heavy atom. The van der Waals surface area contributed by atoms with Crippen molar-refractivity contribution in [1.29, 1.82) is 0 Å². The molecule has 2 aromatic heterocycles. The summed E-state index contributed by atoms with van der Waals surface area (Å²) in [5.41, 5.74) is 3.82. The molecule has 6 rings (SSSR count). The van der Waals surface area contributed by atoms with Gasteiger partial charge < -0.3 is 25.0 Å². The molecule has 2 fully saturated rings. The Morgan fingerprint density at radius 2 is 2.13 bits per heavy atom. The van der Waals surface area contributed by atoms with Crippen LogP contribution < -0.4 is 20.3 Å². The van der Waals surface area contributed by atoms with E-state index < -0.39 is 0 Å². The lowest BCUT2D eigenvalue weighted by atomic mass is 10.1. The SMILES string of the molecule is COc1ccc2nccc(N3CCC(CNC[C@@H]4CN(C5=CCCC=C5)C(=O)O4)C3)c2n1.O=C1CSC=CN1. The van der Waals surface area contributed by atoms with Gasteiger partial charge >= 0.3 is 6.09 Å². The number of anilines is 1. The minimum atomic E-state index is -0.242. The average molecular weight is 551 g/mol. The maximum Gasteiger partial charge on any atom is 0.414 e. The van der Waals surface area contributed by atoms with E-state index in [1.54, 1.807) is 18.2 Å². The van der Waals surface area contributed by atoms with Crippen molar-refractivity contribution in [2.45, 2.75) is 25.4 Å². The highest BCUT2D eigenvalue weighted by Crippen LogP contribution is 2.30. The van der Waals surface area contributed by atoms with E-state index in [9.17, 15) is 9.59 Å². The van der Waals surface area contributed by atoms with E-state index in [0.29, 0.717) is 30.6 Å². The summed E-state index contributed by atoms with van der Waals surface area (Å²) in [5, 5.41) is 7.93. The first-order chi connectivity index (χ1) is 19.1. The van der Waals surface area contributed by atoms with Crippen molar-refractivity contribution in [3.63, 3.8) is 0 Å². The molecule has 0 spiro atoms. The number of aromatic nitrogens is 2. The molecule has 1 unspecified atom stereocenters. The van der Waals surface area contributed by atoms with Gasteiger partial charge in [0, 0.05) is 43.8 Å². The van der Waals surface area contributed by atoms with Crippen LogP contribution in [0.15, 0.2) is 59.9 Å². The highest BCUT2D eigenvalue weighted by atomic mass is 32.2. The lowest BCUT2D eigenvalue weighted by Crippen LogP contribution is -2.34. The fourth-order valence-electron chi connectivity index (χ4n) is 5.01. The van der Waals surface area contributed by atoms with Gasteiger partial charge in [-0.3, -0.25) is 14.7 Å². The normalized spacial score (nSPS) is 22.3. The molecule has 1 aliphatic carbocycles. The molecule has 5 heterocycles. The molecule has 3 aliphatic heterocycles. The number of pyridine rings is 2. The van der Waals surface area contributed by atoms with Gasteiger partial charge in [0.25, 0.3) is 0 Å². The van der Waals surface area contributed by atoms with Crippen LogP contribution in [0.1, 0.15) is 19.3 Å². The summed E-state index contributed by atoms with van der Waals surface area (Å²) in [5.74, 6) is 1.79. The van der Waals surface area contributed by atoms with Crippen molar-refractivity contribution < 1.29 is 19.1 Å². The van der Waals surface area contributed by atoms with Crippen LogP contribution in [-0.4, -0.2) is 78.6 Å². The molecule has 0 bridgehead atoms. The number of ether oxygens (including phenoxy) is 2. The second kappa shape index (κ2) is 13.0. The summed E-state index contributed by atoms with van der Waals surface area (Å²) in [6, 6.07) is 5.82. The number of carbonyl (C=O) groups is 2. The molecule has 206 valence electrons. The van der Waals surface area contributed by atoms with Gasteiger partial charge in [-0.1, -0.05) is 12.2 Å². The lowest BCUT2D eigenvalue weighted by Gasteiger charge is -2.20. The summed E-state index contributed by atoms with van der Waals surface area (Å²) in [7, 11) is 1.63. The third kappa shape index (κ3) is 6.90. The topological polar surface area (TPSA) is 109 Å². The molecule has 2 atom stereocenters. The smallest absolute Gasteiger partial charge is 0.414 e. The van der Waals surface area contributed by atoms with Crippen molar-refractivity contribution in [3.05, 3.63) is 59.9 Å². The first-order valence-corrected chi connectivity index (χ1v) is 14.3. The zero-order valence-corrected chi connectivity index (χ0v) is 22.9. The fraction of sp³-hybridized carbons (Fsp3) is 0.429. The first kappa shape index (κ1) is 27.0. The average Bonchev–Trinajstić information content (AvgIpc) is 3.60. The van der Waals surface area contributed by atoms with Gasteiger partial charge in [0.15, 0.2) is 0 Å². The standard InChI is InChI=1S/C24H29N5O3.C4H5NOS/c1-31-22-8-7-20-23(27-22)21(9-11-26-20)28-12-10-17(15-28)13-25-14-19-16-29(24(30)32-19)18-5-3-2-4-6-18;6-4-3-7-2-1-5-4/h3,5-9,11,17,19,25H,2,4,10,12-16H2,1H3;1-2H,3H2,(H,5,6)/t17?,19-;/m1./s1. The number of carbonyl (C=O) groups excluding carboxylic acids is 2. The quantitative estimate of drug-likeness (QED) is 0.536. The maximum absolute atomic E-state index is 12.2. The van der Waals surface area contributed by atoms with Crippen LogP contribution in [0.4, 0.5) is 10.5 Å². The number of nitrogens with zero attached hydrogens (tertiary/aromatic N) is 4. The second-order valence-electron chi connectivity index (χ2n) is 9.72. The van der Waals surface area contributed by atoms with E-state index in [1.807, 2.05) is 35.9 Å². The number of cyclic esters (lactones) is 1. The summed E-state index contributed by atoms with van der Waals surface area (Å²) < 4.78 is 10.9. The van der Waals surface area contributed by atoms with Crippen LogP contribution in [-0.2, 0) is 9.53 Å². The summed E-state index contributed by atoms with van der Waals surface area (Å²) in [6.45, 7) is 4.12. The number of allylic oxidation sites excluding steroid dienone is 3. The van der Waals surface area contributed by atoms with Gasteiger partial charge in [0.1, 0.15) is 11.6 Å². The molecule has 2 aromatic rings. The molecule has 10 nitrogen and oxygen atoms in total. The zero-order chi connectivity index (χ0) is 27.0. The number of hydrogen-bond donors (Lipinski definition) is 2. The molecule has 2 amide bonds. The van der Waals surface area contributed by atoms with Gasteiger partial charge in [-0.05, 0) is 55.3 Å². The van der Waals surface area contributed by atoms with Crippen LogP contribution in [0.25, 0.3) is 11.0 Å². The van der Waals surface area contributed by atoms with E-state index in [1.165, 1.54) is 11.8 Å². The van der Waals surface area contributed by atoms with E-state index >= 15 is 0 Å². The molecule has 39 heavy (non-hydrogen) atoms. The van der Waals surface area contributed by atoms with E-state index in [0.717, 1.165) is 61.3 Å². The number of fused-ring (bicyclic) bond motifs is 1. The van der Waals surface area contributed by atoms with Crippen LogP contribution in [0.2, 0.25) is 0 Å². The number of rotatable bonds is 7. The van der Waals surface area contributed by atoms with E-state index in [4.69, 9.17) is 9.47 Å². The Balaban J connectivity index is 0.000000384. The molecule has 0 radical (unpaired) electrons. The van der Waals surface area contributed by atoms with Crippen molar-refractivity contribution >= 4 is 40.5 Å². The Kier molecular flexibility index (Phi) is 9.00. The number of hydrogen-bond acceptors (Lipinski definition) is 9. The molecular weight excluding hydrogens is 516 g/mol. The van der Waals surface area contributed by atoms with Crippen LogP contribution in [0, 0.1) is 5.92 Å². The predicted octanol–water partition coefficient (Wildman–Crippen LogP) is 3.43. The Bertz CT molecular complexity index is 1280. The lowest BCUT2D eigenvalue weighted by molar-refractivity contribution is -0.117. The molecule has 11 heteroatoms. The Labute approximate surface area is 232 Å². The fourth-order valence-corrected chi connectivity index (χ4v) is 5.50. The first-order valence-electron chi connectivity index (χ1n) is 13.3. The number of nitrogens with one attached hydrogen (secondary N) is 2. The molecule has 4 aliphatic rings. The summed E-state index contributed by atoms with van der Waals surface area (Å²) in [6.07, 6.45) is 12.5. The third-order valence-electron chi connectivity index (χ3n) is 6.96. The monoisotopic (exact) mass is 550 g/mol. The Morgan fingerprint density at radius 3 is 2.87 bits per heavy atom. The molecule has 0 saturated carbocycles. The van der Waals surface area contributed by atoms with Gasteiger partial charge in [-0.2, -0.15) is 0 Å². The van der Waals surface area contributed by atoms with Gasteiger partial charge in [0.05, 0.1) is 30.6 Å². The Hall–Kier alpha value is -3.57. The van der Waals surface area contributed by atoms with Crippen molar-refractivity contribution in [3.8, 4) is 5.88 Å². The predicted molar refractivity (Wildman–Crippen MR) is 152 cm³/mol. The zero-order valence-electron chi connectivity index (χ0n) is 22.0. The van der Waals surface area contributed by atoms with E-state index in [-0.39, 0.29) is 18.1 Å². The van der Waals surface area contributed by atoms with Crippen LogP contribution in [0.5, 0.6) is 5.88 Å². The number of methoxy groups -OCH3 is 1. The maximum atomic E-state index is 12.2.